The maximum absolute atomic E-state index is 12.7. The van der Waals surface area contributed by atoms with Crippen molar-refractivity contribution in [2.75, 3.05) is 26.3 Å². The molecule has 8 heteroatoms. The summed E-state index contributed by atoms with van der Waals surface area (Å²) in [6, 6.07) is 0. The lowest BCUT2D eigenvalue weighted by atomic mass is 9.97. The highest BCUT2D eigenvalue weighted by Gasteiger charge is 2.36. The van der Waals surface area contributed by atoms with Crippen LogP contribution in [0.5, 0.6) is 0 Å². The molecular weight excluding hydrogens is 299 g/mol. The Morgan fingerprint density at radius 2 is 2.23 bits per heavy atom. The molecule has 1 aliphatic rings. The Kier molecular flexibility index (Phi) is 5.10. The van der Waals surface area contributed by atoms with Crippen molar-refractivity contribution in [1.29, 1.82) is 0 Å². The number of rotatable bonds is 4. The van der Waals surface area contributed by atoms with Crippen molar-refractivity contribution in [3.8, 4) is 0 Å². The molecule has 0 spiro atoms. The average Bonchev–Trinajstić information content (AvgIpc) is 2.87. The van der Waals surface area contributed by atoms with Gasteiger partial charge in [-0.3, -0.25) is 4.79 Å². The first-order valence-corrected chi connectivity index (χ1v) is 7.29. The van der Waals surface area contributed by atoms with Gasteiger partial charge in [-0.2, -0.15) is 13.2 Å². The molecule has 5 nitrogen and oxygen atoms in total. The fourth-order valence-corrected chi connectivity index (χ4v) is 2.69. The zero-order valence-electron chi connectivity index (χ0n) is 12.7. The van der Waals surface area contributed by atoms with Gasteiger partial charge in [0.15, 0.2) is 5.69 Å². The van der Waals surface area contributed by atoms with Gasteiger partial charge in [0.05, 0.1) is 0 Å². The van der Waals surface area contributed by atoms with Crippen molar-refractivity contribution in [2.24, 2.45) is 7.05 Å². The fourth-order valence-electron chi connectivity index (χ4n) is 2.69. The lowest BCUT2D eigenvalue weighted by molar-refractivity contribution is -0.141. The van der Waals surface area contributed by atoms with Crippen LogP contribution in [0.1, 0.15) is 37.2 Å². The van der Waals surface area contributed by atoms with Gasteiger partial charge in [0.2, 0.25) is 5.91 Å². The maximum atomic E-state index is 12.7. The van der Waals surface area contributed by atoms with E-state index in [1.54, 1.807) is 18.9 Å². The quantitative estimate of drug-likeness (QED) is 0.854. The molecule has 0 N–H and O–H groups in total. The van der Waals surface area contributed by atoms with E-state index in [1.165, 1.54) is 4.57 Å². The topological polar surface area (TPSA) is 47.4 Å². The van der Waals surface area contributed by atoms with E-state index in [1.807, 2.05) is 0 Å². The number of likely N-dealkylation sites (tertiary alicyclic amines) is 1. The van der Waals surface area contributed by atoms with Gasteiger partial charge in [-0.15, -0.1) is 0 Å². The predicted octanol–water partition coefficient (Wildman–Crippen LogP) is 2.18. The highest BCUT2D eigenvalue weighted by atomic mass is 19.4. The van der Waals surface area contributed by atoms with Gasteiger partial charge in [0.1, 0.15) is 12.4 Å². The summed E-state index contributed by atoms with van der Waals surface area (Å²) in [6.45, 7) is 3.26. The monoisotopic (exact) mass is 319 g/mol. The number of ether oxygens (including phenoxy) is 1. The third-order valence-corrected chi connectivity index (χ3v) is 3.77. The van der Waals surface area contributed by atoms with Gasteiger partial charge >= 0.3 is 6.18 Å². The van der Waals surface area contributed by atoms with Crippen LogP contribution in [-0.2, 0) is 22.8 Å². The number of piperidine rings is 1. The number of hydrogen-bond donors (Lipinski definition) is 0. The molecule has 1 aliphatic heterocycles. The van der Waals surface area contributed by atoms with Crippen molar-refractivity contribution >= 4 is 5.91 Å². The Balaban J connectivity index is 2.09. The van der Waals surface area contributed by atoms with Crippen molar-refractivity contribution in [1.82, 2.24) is 14.5 Å². The van der Waals surface area contributed by atoms with Crippen LogP contribution >= 0.6 is 0 Å². The molecule has 1 aromatic rings. The molecule has 2 heterocycles. The molecule has 0 saturated carbocycles. The lowest BCUT2D eigenvalue weighted by Gasteiger charge is -2.32. The largest absolute Gasteiger partial charge is 0.434 e. The van der Waals surface area contributed by atoms with Crippen LogP contribution in [0, 0.1) is 0 Å². The van der Waals surface area contributed by atoms with E-state index in [2.05, 4.69) is 4.98 Å². The van der Waals surface area contributed by atoms with E-state index in [9.17, 15) is 18.0 Å². The Morgan fingerprint density at radius 3 is 2.82 bits per heavy atom. The summed E-state index contributed by atoms with van der Waals surface area (Å²) in [5.74, 6) is 0.0680. The zero-order valence-corrected chi connectivity index (χ0v) is 12.7. The first kappa shape index (κ1) is 16.8. The van der Waals surface area contributed by atoms with E-state index in [0.29, 0.717) is 25.5 Å². The molecule has 0 aromatic carbocycles. The molecule has 1 aromatic heterocycles. The first-order valence-electron chi connectivity index (χ1n) is 7.29. The molecule has 1 atom stereocenters. The van der Waals surface area contributed by atoms with Crippen LogP contribution < -0.4 is 0 Å². The Labute approximate surface area is 127 Å². The molecule has 0 unspecified atom stereocenters. The normalized spacial score (nSPS) is 19.5. The van der Waals surface area contributed by atoms with Crippen molar-refractivity contribution in [2.45, 2.75) is 31.9 Å². The van der Waals surface area contributed by atoms with Crippen LogP contribution in [0.4, 0.5) is 13.2 Å². The van der Waals surface area contributed by atoms with Crippen LogP contribution in [0.15, 0.2) is 6.20 Å². The van der Waals surface area contributed by atoms with Crippen molar-refractivity contribution in [3.05, 3.63) is 17.7 Å². The van der Waals surface area contributed by atoms with E-state index in [-0.39, 0.29) is 18.4 Å². The lowest BCUT2D eigenvalue weighted by Crippen LogP contribution is -2.41. The summed E-state index contributed by atoms with van der Waals surface area (Å²) in [4.78, 5) is 17.4. The highest BCUT2D eigenvalue weighted by molar-refractivity contribution is 5.77. The van der Waals surface area contributed by atoms with Crippen LogP contribution in [-0.4, -0.2) is 46.7 Å². The highest BCUT2D eigenvalue weighted by Crippen LogP contribution is 2.32. The third-order valence-electron chi connectivity index (χ3n) is 3.77. The summed E-state index contributed by atoms with van der Waals surface area (Å²) in [5.41, 5.74) is -0.886. The second kappa shape index (κ2) is 6.68. The summed E-state index contributed by atoms with van der Waals surface area (Å²) in [7, 11) is 1.55. The minimum Gasteiger partial charge on any atom is -0.372 e. The predicted molar refractivity (Wildman–Crippen MR) is 73.3 cm³/mol. The van der Waals surface area contributed by atoms with Gasteiger partial charge in [-0.05, 0) is 19.8 Å². The third kappa shape index (κ3) is 3.79. The molecule has 1 fully saturated rings. The molecule has 2 rings (SSSR count). The molecular formula is C14H20F3N3O2. The Hall–Kier alpha value is -1.57. The number of nitrogens with zero attached hydrogens (tertiary/aromatic N) is 3. The number of carbonyl (C=O) groups excluding carboxylic acids is 1. The average molecular weight is 319 g/mol. The number of hydrogen-bond acceptors (Lipinski definition) is 3. The summed E-state index contributed by atoms with van der Waals surface area (Å²) in [6.07, 6.45) is -1.98. The maximum Gasteiger partial charge on any atom is 0.434 e. The SMILES string of the molecule is CCOCC(=O)N1CCC[C@H](c2nc(C(F)(F)F)cn2C)C1. The number of alkyl halides is 3. The number of aryl methyl sites for hydroxylation is 1. The fraction of sp³-hybridized carbons (Fsp3) is 0.714. The molecule has 0 bridgehead atoms. The molecule has 0 radical (unpaired) electrons. The number of aromatic nitrogens is 2. The minimum atomic E-state index is -4.45. The second-order valence-corrected chi connectivity index (χ2v) is 5.41. The van der Waals surface area contributed by atoms with Gasteiger partial charge in [-0.1, -0.05) is 0 Å². The Morgan fingerprint density at radius 1 is 1.50 bits per heavy atom. The Bertz CT molecular complexity index is 528. The van der Waals surface area contributed by atoms with Crippen molar-refractivity contribution in [3.63, 3.8) is 0 Å². The smallest absolute Gasteiger partial charge is 0.372 e. The van der Waals surface area contributed by atoms with E-state index in [4.69, 9.17) is 4.74 Å². The molecule has 0 aliphatic carbocycles. The second-order valence-electron chi connectivity index (χ2n) is 5.41. The van der Waals surface area contributed by atoms with Gasteiger partial charge in [-0.25, -0.2) is 4.98 Å². The van der Waals surface area contributed by atoms with Crippen LogP contribution in [0.3, 0.4) is 0 Å². The van der Waals surface area contributed by atoms with Crippen LogP contribution in [0.2, 0.25) is 0 Å². The van der Waals surface area contributed by atoms with Crippen molar-refractivity contribution < 1.29 is 22.7 Å². The molecule has 124 valence electrons. The number of amides is 1. The summed E-state index contributed by atoms with van der Waals surface area (Å²) >= 11 is 0. The van der Waals surface area contributed by atoms with Gasteiger partial charge in [0, 0.05) is 38.9 Å². The van der Waals surface area contributed by atoms with E-state index in [0.717, 1.165) is 19.0 Å². The zero-order chi connectivity index (χ0) is 16.3. The summed E-state index contributed by atoms with van der Waals surface area (Å²) in [5, 5.41) is 0. The summed E-state index contributed by atoms with van der Waals surface area (Å²) < 4.78 is 44.7. The van der Waals surface area contributed by atoms with Gasteiger partial charge < -0.3 is 14.2 Å². The van der Waals surface area contributed by atoms with Crippen LogP contribution in [0.25, 0.3) is 0 Å². The standard InChI is InChI=1S/C14H20F3N3O2/c1-3-22-9-12(21)20-6-4-5-10(7-20)13-18-11(8-19(13)2)14(15,16)17/h8,10H,3-7,9H2,1-2H3/t10-/m0/s1. The number of halogens is 3. The molecule has 1 saturated heterocycles. The van der Waals surface area contributed by atoms with E-state index >= 15 is 0 Å². The number of carbonyl (C=O) groups is 1. The number of imidazole rings is 1. The molecule has 22 heavy (non-hydrogen) atoms. The van der Waals surface area contributed by atoms with Gasteiger partial charge in [0.25, 0.3) is 0 Å². The minimum absolute atomic E-state index is 0.0115. The van der Waals surface area contributed by atoms with E-state index < -0.39 is 11.9 Å². The molecule has 1 amide bonds. The first-order chi connectivity index (χ1) is 10.3.